The number of ether oxygens (including phenoxy) is 2. The first-order valence-corrected chi connectivity index (χ1v) is 8.94. The Hall–Kier alpha value is -0.683. The van der Waals surface area contributed by atoms with Crippen LogP contribution in [0.5, 0.6) is 17.2 Å². The van der Waals surface area contributed by atoms with Crippen LogP contribution in [0.25, 0.3) is 0 Å². The Bertz CT molecular complexity index is 387. The largest absolute Gasteiger partial charge is 0.543 e. The Balaban J connectivity index is 2.33. The lowest BCUT2D eigenvalue weighted by molar-refractivity contribution is 0.174. The van der Waals surface area contributed by atoms with E-state index in [2.05, 4.69) is 35.6 Å². The number of fused-ring (bicyclic) bond motifs is 1. The highest BCUT2D eigenvalue weighted by atomic mass is 79.9. The zero-order chi connectivity index (χ0) is 11.1. The molecule has 0 bridgehead atoms. The molecular formula is C10H13BrO3Si. The number of benzene rings is 1. The zero-order valence-corrected chi connectivity index (χ0v) is 11.6. The topological polar surface area (TPSA) is 27.7 Å². The second kappa shape index (κ2) is 3.72. The van der Waals surface area contributed by atoms with Crippen molar-refractivity contribution in [2.24, 2.45) is 0 Å². The molecule has 0 saturated carbocycles. The van der Waals surface area contributed by atoms with Crippen LogP contribution in [-0.4, -0.2) is 15.1 Å². The van der Waals surface area contributed by atoms with Crippen LogP contribution in [0.4, 0.5) is 0 Å². The summed E-state index contributed by atoms with van der Waals surface area (Å²) in [4.78, 5) is 0. The van der Waals surface area contributed by atoms with Gasteiger partial charge in [0.15, 0.2) is 11.5 Å². The van der Waals surface area contributed by atoms with Crippen molar-refractivity contribution >= 4 is 24.2 Å². The van der Waals surface area contributed by atoms with E-state index in [4.69, 9.17) is 13.9 Å². The van der Waals surface area contributed by atoms with Gasteiger partial charge in [0.1, 0.15) is 5.75 Å². The third-order valence-corrected chi connectivity index (χ3v) is 3.30. The summed E-state index contributed by atoms with van der Waals surface area (Å²) in [7, 11) is -1.59. The van der Waals surface area contributed by atoms with E-state index >= 15 is 0 Å². The van der Waals surface area contributed by atoms with Crippen molar-refractivity contribution in [3.05, 3.63) is 16.6 Å². The maximum absolute atomic E-state index is 5.91. The lowest BCUT2D eigenvalue weighted by atomic mass is 10.3. The maximum Gasteiger partial charge on any atom is 0.242 e. The Morgan fingerprint density at radius 1 is 1.20 bits per heavy atom. The van der Waals surface area contributed by atoms with E-state index in [1.54, 1.807) is 0 Å². The van der Waals surface area contributed by atoms with E-state index in [9.17, 15) is 0 Å². The Morgan fingerprint density at radius 3 is 2.40 bits per heavy atom. The van der Waals surface area contributed by atoms with E-state index in [-0.39, 0.29) is 6.79 Å². The summed E-state index contributed by atoms with van der Waals surface area (Å²) in [6, 6.07) is 3.77. The van der Waals surface area contributed by atoms with Crippen molar-refractivity contribution in [3.8, 4) is 17.2 Å². The quantitative estimate of drug-likeness (QED) is 0.781. The van der Waals surface area contributed by atoms with Gasteiger partial charge in [-0.05, 0) is 35.6 Å². The molecule has 0 aliphatic carbocycles. The van der Waals surface area contributed by atoms with E-state index in [0.717, 1.165) is 21.7 Å². The van der Waals surface area contributed by atoms with Crippen LogP contribution in [0.2, 0.25) is 19.6 Å². The number of hydrogen-bond donors (Lipinski definition) is 0. The fraction of sp³-hybridized carbons (Fsp3) is 0.400. The Kier molecular flexibility index (Phi) is 2.68. The van der Waals surface area contributed by atoms with Crippen LogP contribution in [0.1, 0.15) is 0 Å². The third kappa shape index (κ3) is 2.46. The van der Waals surface area contributed by atoms with Crippen molar-refractivity contribution in [3.63, 3.8) is 0 Å². The standard InChI is InChI=1S/C10H13BrO3Si/c1-15(2,3)14-8-5-10-9(4-7(8)11)12-6-13-10/h4-5H,6H2,1-3H3. The summed E-state index contributed by atoms with van der Waals surface area (Å²) in [5, 5.41) is 0. The van der Waals surface area contributed by atoms with E-state index in [1.165, 1.54) is 0 Å². The molecule has 82 valence electrons. The summed E-state index contributed by atoms with van der Waals surface area (Å²) < 4.78 is 17.4. The van der Waals surface area contributed by atoms with Crippen molar-refractivity contribution in [1.82, 2.24) is 0 Å². The first kappa shape index (κ1) is 10.8. The van der Waals surface area contributed by atoms with Gasteiger partial charge < -0.3 is 13.9 Å². The highest BCUT2D eigenvalue weighted by Gasteiger charge is 2.21. The molecular weight excluding hydrogens is 276 g/mol. The zero-order valence-electron chi connectivity index (χ0n) is 8.96. The molecule has 1 aromatic carbocycles. The molecule has 5 heteroatoms. The molecule has 0 saturated heterocycles. The van der Waals surface area contributed by atoms with Crippen molar-refractivity contribution in [2.45, 2.75) is 19.6 Å². The van der Waals surface area contributed by atoms with Crippen molar-refractivity contribution in [2.75, 3.05) is 6.79 Å². The first-order chi connectivity index (χ1) is 6.96. The smallest absolute Gasteiger partial charge is 0.242 e. The van der Waals surface area contributed by atoms with Gasteiger partial charge in [-0.2, -0.15) is 0 Å². The average molecular weight is 289 g/mol. The lowest BCUT2D eigenvalue weighted by Crippen LogP contribution is -2.29. The molecule has 0 atom stereocenters. The summed E-state index contributed by atoms with van der Waals surface area (Å²) in [6.07, 6.45) is 0. The second-order valence-electron chi connectivity index (χ2n) is 4.35. The van der Waals surface area contributed by atoms with Gasteiger partial charge in [0.05, 0.1) is 4.47 Å². The first-order valence-electron chi connectivity index (χ1n) is 4.74. The molecule has 1 aliphatic heterocycles. The minimum atomic E-state index is -1.59. The fourth-order valence-corrected chi connectivity index (χ4v) is 2.69. The average Bonchev–Trinajstić information content (AvgIpc) is 2.49. The van der Waals surface area contributed by atoms with Crippen LogP contribution in [0.3, 0.4) is 0 Å². The monoisotopic (exact) mass is 288 g/mol. The molecule has 1 heterocycles. The molecule has 0 amide bonds. The summed E-state index contributed by atoms with van der Waals surface area (Å²) >= 11 is 3.46. The van der Waals surface area contributed by atoms with Gasteiger partial charge in [-0.15, -0.1) is 0 Å². The Morgan fingerprint density at radius 2 is 1.80 bits per heavy atom. The minimum absolute atomic E-state index is 0.290. The lowest BCUT2D eigenvalue weighted by Gasteiger charge is -2.20. The number of halogens is 1. The highest BCUT2D eigenvalue weighted by molar-refractivity contribution is 9.10. The van der Waals surface area contributed by atoms with Gasteiger partial charge in [0.25, 0.3) is 0 Å². The van der Waals surface area contributed by atoms with Crippen LogP contribution in [0.15, 0.2) is 16.6 Å². The molecule has 15 heavy (non-hydrogen) atoms. The highest BCUT2D eigenvalue weighted by Crippen LogP contribution is 2.41. The van der Waals surface area contributed by atoms with E-state index in [0.29, 0.717) is 0 Å². The van der Waals surface area contributed by atoms with Gasteiger partial charge in [-0.3, -0.25) is 0 Å². The number of rotatable bonds is 2. The van der Waals surface area contributed by atoms with Crippen molar-refractivity contribution < 1.29 is 13.9 Å². The van der Waals surface area contributed by atoms with Crippen LogP contribution >= 0.6 is 15.9 Å². The fourth-order valence-electron chi connectivity index (χ4n) is 1.31. The molecule has 0 fully saturated rings. The van der Waals surface area contributed by atoms with E-state index in [1.807, 2.05) is 12.1 Å². The van der Waals surface area contributed by atoms with Gasteiger partial charge >= 0.3 is 0 Å². The molecule has 1 aromatic rings. The normalized spacial score (nSPS) is 14.1. The predicted molar refractivity (Wildman–Crippen MR) is 64.2 cm³/mol. The van der Waals surface area contributed by atoms with Gasteiger partial charge in [-0.1, -0.05) is 0 Å². The number of hydrogen-bond acceptors (Lipinski definition) is 3. The minimum Gasteiger partial charge on any atom is -0.543 e. The molecule has 3 nitrogen and oxygen atoms in total. The van der Waals surface area contributed by atoms with Crippen LogP contribution in [-0.2, 0) is 0 Å². The van der Waals surface area contributed by atoms with Gasteiger partial charge in [0, 0.05) is 12.1 Å². The van der Waals surface area contributed by atoms with Crippen molar-refractivity contribution in [1.29, 1.82) is 0 Å². The van der Waals surface area contributed by atoms with E-state index < -0.39 is 8.32 Å². The molecule has 0 radical (unpaired) electrons. The molecule has 0 N–H and O–H groups in total. The van der Waals surface area contributed by atoms with Gasteiger partial charge in [0.2, 0.25) is 15.1 Å². The molecule has 1 aliphatic rings. The second-order valence-corrected chi connectivity index (χ2v) is 9.63. The van der Waals surface area contributed by atoms with Crippen LogP contribution < -0.4 is 13.9 Å². The predicted octanol–water partition coefficient (Wildman–Crippen LogP) is 3.39. The Labute approximate surface area is 98.6 Å². The maximum atomic E-state index is 5.91. The summed E-state index contributed by atoms with van der Waals surface area (Å²) in [5.74, 6) is 2.36. The third-order valence-electron chi connectivity index (χ3n) is 1.84. The molecule has 0 aromatic heterocycles. The SMILES string of the molecule is C[Si](C)(C)Oc1cc2c(cc1Br)OCO2. The molecule has 0 unspecified atom stereocenters. The summed E-state index contributed by atoms with van der Waals surface area (Å²) in [6.45, 7) is 6.72. The molecule has 0 spiro atoms. The van der Waals surface area contributed by atoms with Gasteiger partial charge in [-0.25, -0.2) is 0 Å². The van der Waals surface area contributed by atoms with Crippen LogP contribution in [0, 0.1) is 0 Å². The molecule has 2 rings (SSSR count). The summed E-state index contributed by atoms with van der Waals surface area (Å²) in [5.41, 5.74) is 0.